The number of alkyl halides is 3. The second-order valence-electron chi connectivity index (χ2n) is 7.20. The third-order valence-electron chi connectivity index (χ3n) is 4.77. The molecule has 0 bridgehead atoms. The molecule has 0 saturated heterocycles. The Kier molecular flexibility index (Phi) is 5.61. The van der Waals surface area contributed by atoms with E-state index in [-0.39, 0.29) is 35.0 Å². The van der Waals surface area contributed by atoms with Gasteiger partial charge in [0.1, 0.15) is 0 Å². The van der Waals surface area contributed by atoms with Crippen LogP contribution in [0.3, 0.4) is 0 Å². The molecule has 0 aliphatic heterocycles. The van der Waals surface area contributed by atoms with E-state index in [9.17, 15) is 23.1 Å². The van der Waals surface area contributed by atoms with Crippen molar-refractivity contribution in [3.8, 4) is 11.6 Å². The van der Waals surface area contributed by atoms with Gasteiger partial charge in [-0.2, -0.15) is 18.3 Å². The summed E-state index contributed by atoms with van der Waals surface area (Å²) >= 11 is 0. The number of aromatic nitrogens is 1. The van der Waals surface area contributed by atoms with Gasteiger partial charge in [-0.15, -0.1) is 0 Å². The molecule has 30 heavy (non-hydrogen) atoms. The van der Waals surface area contributed by atoms with E-state index in [0.717, 1.165) is 23.3 Å². The van der Waals surface area contributed by atoms with E-state index >= 15 is 0 Å². The number of halogens is 3. The van der Waals surface area contributed by atoms with Crippen molar-refractivity contribution in [3.63, 3.8) is 0 Å². The largest absolute Gasteiger partial charge is 0.494 e. The lowest BCUT2D eigenvalue weighted by atomic mass is 10.1. The SMILES string of the molecule is CCC(=O)NN=C(C)c1c(O)n(-c2cc(C)cc(C)c2)c2cc(C(F)(F)F)ccc12. The molecule has 158 valence electrons. The molecule has 1 amide bonds. The highest BCUT2D eigenvalue weighted by molar-refractivity contribution is 6.13. The van der Waals surface area contributed by atoms with E-state index in [0.29, 0.717) is 11.1 Å². The van der Waals surface area contributed by atoms with Gasteiger partial charge in [-0.3, -0.25) is 9.36 Å². The number of aryl methyl sites for hydroxylation is 2. The first-order chi connectivity index (χ1) is 14.0. The molecule has 2 N–H and O–H groups in total. The van der Waals surface area contributed by atoms with Crippen LogP contribution in [0.2, 0.25) is 0 Å². The number of carbonyl (C=O) groups excluding carboxylic acids is 1. The Morgan fingerprint density at radius 3 is 2.33 bits per heavy atom. The standard InChI is InChI=1S/C22H22F3N3O2/c1-5-19(29)27-26-14(4)20-17-7-6-15(22(23,24)25)11-18(17)28(21(20)30)16-9-12(2)8-13(3)10-16/h6-11,30H,5H2,1-4H3,(H,27,29). The fourth-order valence-corrected chi connectivity index (χ4v) is 3.43. The Morgan fingerprint density at radius 2 is 1.77 bits per heavy atom. The molecule has 8 heteroatoms. The molecule has 5 nitrogen and oxygen atoms in total. The molecule has 0 saturated carbocycles. The summed E-state index contributed by atoms with van der Waals surface area (Å²) in [6, 6.07) is 8.78. The van der Waals surface area contributed by atoms with E-state index in [4.69, 9.17) is 0 Å². The van der Waals surface area contributed by atoms with Crippen LogP contribution in [0, 0.1) is 13.8 Å². The summed E-state index contributed by atoms with van der Waals surface area (Å²) in [6.45, 7) is 6.98. The maximum Gasteiger partial charge on any atom is 0.416 e. The zero-order chi connectivity index (χ0) is 22.2. The molecule has 1 aromatic heterocycles. The van der Waals surface area contributed by atoms with Crippen LogP contribution in [0.15, 0.2) is 41.5 Å². The van der Waals surface area contributed by atoms with Crippen LogP contribution in [0.1, 0.15) is 42.5 Å². The average molecular weight is 417 g/mol. The van der Waals surface area contributed by atoms with E-state index in [1.54, 1.807) is 26.0 Å². The maximum absolute atomic E-state index is 13.3. The van der Waals surface area contributed by atoms with Crippen LogP contribution in [-0.2, 0) is 11.0 Å². The Labute approximate surface area is 171 Å². The van der Waals surface area contributed by atoms with Crippen molar-refractivity contribution in [1.82, 2.24) is 9.99 Å². The second-order valence-corrected chi connectivity index (χ2v) is 7.20. The first-order valence-electron chi connectivity index (χ1n) is 9.39. The fraction of sp³-hybridized carbons (Fsp3) is 0.273. The van der Waals surface area contributed by atoms with Crippen LogP contribution < -0.4 is 5.43 Å². The predicted molar refractivity (Wildman–Crippen MR) is 110 cm³/mol. The zero-order valence-corrected chi connectivity index (χ0v) is 17.1. The summed E-state index contributed by atoms with van der Waals surface area (Å²) in [6.07, 6.45) is -4.30. The lowest BCUT2D eigenvalue weighted by Crippen LogP contribution is -2.17. The number of carbonyl (C=O) groups is 1. The number of rotatable bonds is 4. The van der Waals surface area contributed by atoms with Crippen molar-refractivity contribution in [3.05, 3.63) is 58.7 Å². The van der Waals surface area contributed by atoms with Gasteiger partial charge in [0, 0.05) is 17.5 Å². The third-order valence-corrected chi connectivity index (χ3v) is 4.77. The van der Waals surface area contributed by atoms with Crippen molar-refractivity contribution in [1.29, 1.82) is 0 Å². The molecule has 0 radical (unpaired) electrons. The highest BCUT2D eigenvalue weighted by atomic mass is 19.4. The summed E-state index contributed by atoms with van der Waals surface area (Å²) in [5.74, 6) is -0.562. The van der Waals surface area contributed by atoms with Gasteiger partial charge in [0.15, 0.2) is 0 Å². The van der Waals surface area contributed by atoms with Crippen molar-refractivity contribution in [2.45, 2.75) is 40.3 Å². The smallest absolute Gasteiger partial charge is 0.416 e. The van der Waals surface area contributed by atoms with Gasteiger partial charge >= 0.3 is 6.18 Å². The van der Waals surface area contributed by atoms with E-state index in [1.807, 2.05) is 19.9 Å². The van der Waals surface area contributed by atoms with Gasteiger partial charge in [0.25, 0.3) is 0 Å². The molecule has 0 unspecified atom stereocenters. The number of nitrogens with one attached hydrogen (secondary N) is 1. The fourth-order valence-electron chi connectivity index (χ4n) is 3.43. The van der Waals surface area contributed by atoms with E-state index in [1.165, 1.54) is 10.6 Å². The van der Waals surface area contributed by atoms with Gasteiger partial charge in [-0.1, -0.05) is 19.1 Å². The minimum atomic E-state index is -4.53. The van der Waals surface area contributed by atoms with Gasteiger partial charge in [0.05, 0.1) is 22.4 Å². The molecular formula is C22H22F3N3O2. The Balaban J connectivity index is 2.33. The van der Waals surface area contributed by atoms with Crippen LogP contribution in [-0.4, -0.2) is 21.3 Å². The van der Waals surface area contributed by atoms with Gasteiger partial charge < -0.3 is 5.11 Å². The van der Waals surface area contributed by atoms with E-state index in [2.05, 4.69) is 10.5 Å². The van der Waals surface area contributed by atoms with E-state index < -0.39 is 11.7 Å². The molecule has 0 aliphatic carbocycles. The Morgan fingerprint density at radius 1 is 1.13 bits per heavy atom. The van der Waals surface area contributed by atoms with Crippen LogP contribution in [0.4, 0.5) is 13.2 Å². The molecule has 0 atom stereocenters. The molecule has 0 fully saturated rings. The number of hydrazone groups is 1. The molecule has 1 heterocycles. The normalized spacial score (nSPS) is 12.4. The first-order valence-corrected chi connectivity index (χ1v) is 9.39. The number of fused-ring (bicyclic) bond motifs is 1. The summed E-state index contributed by atoms with van der Waals surface area (Å²) in [5, 5.41) is 15.4. The molecular weight excluding hydrogens is 395 g/mol. The summed E-state index contributed by atoms with van der Waals surface area (Å²) in [7, 11) is 0. The first kappa shape index (κ1) is 21.4. The predicted octanol–water partition coefficient (Wildman–Crippen LogP) is 5.22. The molecule has 0 spiro atoms. The maximum atomic E-state index is 13.3. The van der Waals surface area contributed by atoms with Crippen molar-refractivity contribution in [2.24, 2.45) is 5.10 Å². The topological polar surface area (TPSA) is 66.6 Å². The molecule has 3 rings (SSSR count). The van der Waals surface area contributed by atoms with Crippen LogP contribution in [0.25, 0.3) is 16.6 Å². The monoisotopic (exact) mass is 417 g/mol. The highest BCUT2D eigenvalue weighted by Gasteiger charge is 2.32. The average Bonchev–Trinajstić information content (AvgIpc) is 2.95. The Hall–Kier alpha value is -3.29. The summed E-state index contributed by atoms with van der Waals surface area (Å²) in [4.78, 5) is 11.5. The lowest BCUT2D eigenvalue weighted by Gasteiger charge is -2.11. The lowest BCUT2D eigenvalue weighted by molar-refractivity contribution is -0.137. The van der Waals surface area contributed by atoms with Crippen LogP contribution in [0.5, 0.6) is 5.88 Å². The molecule has 2 aromatic carbocycles. The summed E-state index contributed by atoms with van der Waals surface area (Å²) in [5.41, 5.74) is 4.62. The minimum absolute atomic E-state index is 0.193. The van der Waals surface area contributed by atoms with Crippen molar-refractivity contribution in [2.75, 3.05) is 0 Å². The van der Waals surface area contributed by atoms with Crippen molar-refractivity contribution >= 4 is 22.5 Å². The number of hydrogen-bond acceptors (Lipinski definition) is 3. The number of amides is 1. The van der Waals surface area contributed by atoms with Gasteiger partial charge in [-0.25, -0.2) is 5.43 Å². The second kappa shape index (κ2) is 7.85. The minimum Gasteiger partial charge on any atom is -0.494 e. The van der Waals surface area contributed by atoms with Gasteiger partial charge in [-0.05, 0) is 56.2 Å². The van der Waals surface area contributed by atoms with Crippen molar-refractivity contribution < 1.29 is 23.1 Å². The zero-order valence-electron chi connectivity index (χ0n) is 17.1. The van der Waals surface area contributed by atoms with Crippen LogP contribution >= 0.6 is 0 Å². The number of benzene rings is 2. The van der Waals surface area contributed by atoms with Gasteiger partial charge in [0.2, 0.25) is 11.8 Å². The molecule has 0 aliphatic rings. The summed E-state index contributed by atoms with van der Waals surface area (Å²) < 4.78 is 41.4. The number of hydrogen-bond donors (Lipinski definition) is 2. The Bertz CT molecular complexity index is 1140. The number of aromatic hydroxyl groups is 1. The number of nitrogens with zero attached hydrogens (tertiary/aromatic N) is 2. The molecule has 3 aromatic rings. The highest BCUT2D eigenvalue weighted by Crippen LogP contribution is 2.39. The quantitative estimate of drug-likeness (QED) is 0.451. The third kappa shape index (κ3) is 4.03.